The van der Waals surface area contributed by atoms with Gasteiger partial charge in [0, 0.05) is 23.8 Å². The largest absolute Gasteiger partial charge is 0.503 e. The highest BCUT2D eigenvalue weighted by Gasteiger charge is 2.17. The predicted molar refractivity (Wildman–Crippen MR) is 80.0 cm³/mol. The van der Waals surface area contributed by atoms with Gasteiger partial charge < -0.3 is 15.2 Å². The maximum Gasteiger partial charge on any atom is 0.269 e. The molecule has 0 aliphatic heterocycles. The molecule has 0 spiro atoms. The van der Waals surface area contributed by atoms with Gasteiger partial charge in [-0.3, -0.25) is 14.9 Å². The van der Waals surface area contributed by atoms with Crippen molar-refractivity contribution in [1.82, 2.24) is 0 Å². The van der Waals surface area contributed by atoms with Crippen LogP contribution in [0.5, 0.6) is 11.5 Å². The molecule has 0 atom stereocenters. The van der Waals surface area contributed by atoms with E-state index in [9.17, 15) is 28.8 Å². The summed E-state index contributed by atoms with van der Waals surface area (Å²) in [5.41, 5.74) is -0.928. The van der Waals surface area contributed by atoms with Gasteiger partial charge in [-0.05, 0) is 19.1 Å². The van der Waals surface area contributed by atoms with Gasteiger partial charge in [0.2, 0.25) is 0 Å². The second kappa shape index (κ2) is 6.90. The summed E-state index contributed by atoms with van der Waals surface area (Å²) in [6.45, 7) is 0.627. The molecule has 1 amide bonds. The first kappa shape index (κ1) is 17.1. The molecule has 0 saturated heterocycles. The van der Waals surface area contributed by atoms with Gasteiger partial charge in [-0.2, -0.15) is 0 Å². The zero-order valence-electron chi connectivity index (χ0n) is 12.4. The van der Waals surface area contributed by atoms with Crippen LogP contribution in [-0.4, -0.2) is 22.5 Å². The van der Waals surface area contributed by atoms with Crippen molar-refractivity contribution in [1.29, 1.82) is 0 Å². The van der Waals surface area contributed by atoms with Crippen molar-refractivity contribution < 1.29 is 28.3 Å². The SMILES string of the molecule is Cc1c(F)cc(NC(=O)COc2ccc([N+](=O)[O-])cc2)c(O)c1F. The summed E-state index contributed by atoms with van der Waals surface area (Å²) in [5.74, 6) is -3.54. The Morgan fingerprint density at radius 3 is 2.54 bits per heavy atom. The lowest BCUT2D eigenvalue weighted by molar-refractivity contribution is -0.384. The third-order valence-electron chi connectivity index (χ3n) is 3.11. The van der Waals surface area contributed by atoms with Crippen molar-refractivity contribution in [2.24, 2.45) is 0 Å². The van der Waals surface area contributed by atoms with E-state index in [4.69, 9.17) is 4.74 Å². The number of nitro benzene ring substituents is 1. The molecule has 0 aliphatic carbocycles. The monoisotopic (exact) mass is 338 g/mol. The first-order valence-corrected chi connectivity index (χ1v) is 6.64. The van der Waals surface area contributed by atoms with Gasteiger partial charge >= 0.3 is 0 Å². The summed E-state index contributed by atoms with van der Waals surface area (Å²) >= 11 is 0. The molecule has 2 N–H and O–H groups in total. The lowest BCUT2D eigenvalue weighted by Gasteiger charge is -2.11. The Morgan fingerprint density at radius 1 is 1.33 bits per heavy atom. The molecule has 9 heteroatoms. The van der Waals surface area contributed by atoms with Gasteiger partial charge in [0.15, 0.2) is 18.2 Å². The number of carbonyl (C=O) groups is 1. The lowest BCUT2D eigenvalue weighted by Crippen LogP contribution is -2.20. The number of hydrogen-bond acceptors (Lipinski definition) is 5. The Morgan fingerprint density at radius 2 is 1.96 bits per heavy atom. The highest BCUT2D eigenvalue weighted by Crippen LogP contribution is 2.30. The summed E-state index contributed by atoms with van der Waals surface area (Å²) in [4.78, 5) is 21.6. The number of halogens is 2. The van der Waals surface area contributed by atoms with E-state index in [1.807, 2.05) is 0 Å². The van der Waals surface area contributed by atoms with Crippen molar-refractivity contribution in [3.63, 3.8) is 0 Å². The van der Waals surface area contributed by atoms with Crippen molar-refractivity contribution in [2.75, 3.05) is 11.9 Å². The molecule has 0 heterocycles. The Hall–Kier alpha value is -3.23. The topological polar surface area (TPSA) is 102 Å². The normalized spacial score (nSPS) is 10.3. The van der Waals surface area contributed by atoms with Gasteiger partial charge in [0.25, 0.3) is 11.6 Å². The van der Waals surface area contributed by atoms with Crippen LogP contribution >= 0.6 is 0 Å². The minimum atomic E-state index is -1.17. The summed E-state index contributed by atoms with van der Waals surface area (Å²) in [6, 6.07) is 5.79. The minimum Gasteiger partial charge on any atom is -0.503 e. The van der Waals surface area contributed by atoms with Gasteiger partial charge in [0.05, 0.1) is 10.6 Å². The van der Waals surface area contributed by atoms with E-state index < -0.39 is 40.5 Å². The maximum absolute atomic E-state index is 13.5. The molecule has 0 aromatic heterocycles. The number of phenolic OH excluding ortho intramolecular Hbond substituents is 1. The molecule has 2 aromatic rings. The van der Waals surface area contributed by atoms with Crippen LogP contribution < -0.4 is 10.1 Å². The molecular formula is C15H12F2N2O5. The van der Waals surface area contributed by atoms with Crippen LogP contribution in [0.1, 0.15) is 5.56 Å². The summed E-state index contributed by atoms with van der Waals surface area (Å²) < 4.78 is 32.1. The standard InChI is InChI=1S/C15H12F2N2O5/c1-8-11(16)6-12(15(21)14(8)17)18-13(20)7-24-10-4-2-9(3-5-10)19(22)23/h2-6,21H,7H2,1H3,(H,18,20). The van der Waals surface area contributed by atoms with Crippen molar-refractivity contribution in [3.05, 3.63) is 57.6 Å². The van der Waals surface area contributed by atoms with Crippen molar-refractivity contribution >= 4 is 17.3 Å². The number of benzene rings is 2. The highest BCUT2D eigenvalue weighted by atomic mass is 19.1. The first-order valence-electron chi connectivity index (χ1n) is 6.64. The molecule has 0 bridgehead atoms. The van der Waals surface area contributed by atoms with Crippen molar-refractivity contribution in [3.8, 4) is 11.5 Å². The fraction of sp³-hybridized carbons (Fsp3) is 0.133. The number of nitrogens with one attached hydrogen (secondary N) is 1. The van der Waals surface area contributed by atoms with Crippen molar-refractivity contribution in [2.45, 2.75) is 6.92 Å². The number of amides is 1. The fourth-order valence-electron chi connectivity index (χ4n) is 1.80. The number of rotatable bonds is 5. The zero-order chi connectivity index (χ0) is 17.9. The molecule has 2 aromatic carbocycles. The second-order valence-electron chi connectivity index (χ2n) is 4.78. The van der Waals surface area contributed by atoms with Gasteiger partial charge in [-0.15, -0.1) is 0 Å². The Balaban J connectivity index is 2.00. The zero-order valence-corrected chi connectivity index (χ0v) is 12.4. The molecular weight excluding hydrogens is 326 g/mol. The molecule has 0 fully saturated rings. The lowest BCUT2D eigenvalue weighted by atomic mass is 10.2. The van der Waals surface area contributed by atoms with E-state index >= 15 is 0 Å². The van der Waals surface area contributed by atoms with E-state index in [1.54, 1.807) is 0 Å². The van der Waals surface area contributed by atoms with E-state index in [2.05, 4.69) is 5.32 Å². The van der Waals surface area contributed by atoms with E-state index in [0.717, 1.165) is 13.0 Å². The summed E-state index contributed by atoms with van der Waals surface area (Å²) in [5, 5.41) is 22.2. The maximum atomic E-state index is 13.5. The third kappa shape index (κ3) is 3.75. The number of hydrogen-bond donors (Lipinski definition) is 2. The molecule has 2 rings (SSSR count). The fourth-order valence-corrected chi connectivity index (χ4v) is 1.80. The average Bonchev–Trinajstić information content (AvgIpc) is 2.56. The number of carbonyl (C=O) groups excluding carboxylic acids is 1. The van der Waals surface area contributed by atoms with Crippen LogP contribution in [0.4, 0.5) is 20.2 Å². The molecule has 24 heavy (non-hydrogen) atoms. The average molecular weight is 338 g/mol. The van der Waals surface area contributed by atoms with Crippen LogP contribution in [0.15, 0.2) is 30.3 Å². The minimum absolute atomic E-state index is 0.137. The molecule has 0 radical (unpaired) electrons. The first-order chi connectivity index (χ1) is 11.3. The van der Waals surface area contributed by atoms with Crippen LogP contribution in [-0.2, 0) is 4.79 Å². The molecule has 0 saturated carbocycles. The summed E-state index contributed by atoms with van der Waals surface area (Å²) in [7, 11) is 0. The van der Waals surface area contributed by atoms with E-state index in [0.29, 0.717) is 0 Å². The molecule has 0 aliphatic rings. The van der Waals surface area contributed by atoms with Crippen LogP contribution in [0.2, 0.25) is 0 Å². The van der Waals surface area contributed by atoms with E-state index in [1.165, 1.54) is 24.3 Å². The number of anilines is 1. The van der Waals surface area contributed by atoms with Gasteiger partial charge in [0.1, 0.15) is 11.6 Å². The Kier molecular flexibility index (Phi) is 4.93. The quantitative estimate of drug-likeness (QED) is 0.496. The number of ether oxygens (including phenoxy) is 1. The van der Waals surface area contributed by atoms with Crippen LogP contribution in [0, 0.1) is 28.7 Å². The molecule has 126 valence electrons. The third-order valence-corrected chi connectivity index (χ3v) is 3.11. The van der Waals surface area contributed by atoms with Gasteiger partial charge in [-0.1, -0.05) is 0 Å². The highest BCUT2D eigenvalue weighted by molar-refractivity contribution is 5.93. The number of nitro groups is 1. The Bertz CT molecular complexity index is 793. The smallest absolute Gasteiger partial charge is 0.269 e. The predicted octanol–water partition coefficient (Wildman–Crippen LogP) is 2.90. The Labute approximate surface area is 134 Å². The number of aromatic hydroxyl groups is 1. The van der Waals surface area contributed by atoms with Crippen LogP contribution in [0.25, 0.3) is 0 Å². The molecule has 7 nitrogen and oxygen atoms in total. The number of non-ortho nitro benzene ring substituents is 1. The number of phenols is 1. The molecule has 0 unspecified atom stereocenters. The summed E-state index contributed by atoms with van der Waals surface area (Å²) in [6.07, 6.45) is 0. The number of nitrogens with zero attached hydrogens (tertiary/aromatic N) is 1. The van der Waals surface area contributed by atoms with Crippen LogP contribution in [0.3, 0.4) is 0 Å². The van der Waals surface area contributed by atoms with Gasteiger partial charge in [-0.25, -0.2) is 8.78 Å². The van der Waals surface area contributed by atoms with E-state index in [-0.39, 0.29) is 17.0 Å². The second-order valence-corrected chi connectivity index (χ2v) is 4.78.